The fourth-order valence-electron chi connectivity index (χ4n) is 2.43. The number of carbonyl (C=O) groups is 1. The van der Waals surface area contributed by atoms with Gasteiger partial charge in [0.15, 0.2) is 5.82 Å². The minimum absolute atomic E-state index is 0.469. The minimum Gasteiger partial charge on any atom is -0.374 e. The Kier molecular flexibility index (Phi) is 5.17. The van der Waals surface area contributed by atoms with Crippen molar-refractivity contribution in [2.24, 2.45) is 7.05 Å². The Balaban J connectivity index is 2.18. The van der Waals surface area contributed by atoms with Gasteiger partial charge in [0.1, 0.15) is 5.82 Å². The number of hydrogen-bond donors (Lipinski definition) is 2. The zero-order valence-corrected chi connectivity index (χ0v) is 13.5. The van der Waals surface area contributed by atoms with E-state index in [4.69, 9.17) is 0 Å². The van der Waals surface area contributed by atoms with Crippen molar-refractivity contribution >= 4 is 5.91 Å². The summed E-state index contributed by atoms with van der Waals surface area (Å²) in [7, 11) is 1.29. The Labute approximate surface area is 141 Å². The average Bonchev–Trinajstić information content (AvgIpc) is 2.93. The molecule has 136 valence electrons. The number of alkyl halides is 3. The molecule has 5 nitrogen and oxygen atoms in total. The fraction of sp³-hybridized carbons (Fsp3) is 0.375. The normalized spacial score (nSPS) is 15.5. The van der Waals surface area contributed by atoms with Crippen LogP contribution >= 0.6 is 0 Å². The van der Waals surface area contributed by atoms with E-state index in [0.29, 0.717) is 5.56 Å². The molecule has 0 aliphatic carbocycles. The number of aryl methyl sites for hydroxylation is 1. The lowest BCUT2D eigenvalue weighted by molar-refractivity contribution is -0.271. The van der Waals surface area contributed by atoms with E-state index < -0.39 is 41.8 Å². The number of nitrogens with one attached hydrogen (secondary N) is 1. The van der Waals surface area contributed by atoms with Gasteiger partial charge in [-0.15, -0.1) is 0 Å². The number of halogens is 4. The minimum atomic E-state index is -5.09. The van der Waals surface area contributed by atoms with Crippen LogP contribution in [0.25, 0.3) is 0 Å². The van der Waals surface area contributed by atoms with Crippen molar-refractivity contribution in [3.8, 4) is 0 Å². The number of aromatic nitrogens is 2. The van der Waals surface area contributed by atoms with E-state index in [1.165, 1.54) is 37.5 Å². The van der Waals surface area contributed by atoms with Crippen LogP contribution in [0.15, 0.2) is 36.7 Å². The van der Waals surface area contributed by atoms with Crippen LogP contribution in [-0.4, -0.2) is 26.7 Å². The monoisotopic (exact) mass is 359 g/mol. The molecular weight excluding hydrogens is 342 g/mol. The molecule has 0 spiro atoms. The van der Waals surface area contributed by atoms with Crippen LogP contribution in [0.5, 0.6) is 0 Å². The lowest BCUT2D eigenvalue weighted by Crippen LogP contribution is -2.48. The largest absolute Gasteiger partial charge is 0.425 e. The van der Waals surface area contributed by atoms with Gasteiger partial charge in [0.2, 0.25) is 11.5 Å². The summed E-state index contributed by atoms with van der Waals surface area (Å²) in [5.41, 5.74) is -2.90. The van der Waals surface area contributed by atoms with E-state index >= 15 is 0 Å². The summed E-state index contributed by atoms with van der Waals surface area (Å²) in [5.74, 6) is -2.16. The Hall–Kier alpha value is -2.42. The van der Waals surface area contributed by atoms with E-state index in [1.807, 2.05) is 0 Å². The third kappa shape index (κ3) is 3.98. The number of carbonyl (C=O) groups excluding carboxylic acids is 1. The Bertz CT molecular complexity index is 743. The molecule has 1 aromatic carbocycles. The number of benzene rings is 1. The summed E-state index contributed by atoms with van der Waals surface area (Å²) in [5, 5.41) is 12.5. The Morgan fingerprint density at radius 1 is 1.32 bits per heavy atom. The van der Waals surface area contributed by atoms with Gasteiger partial charge in [-0.2, -0.15) is 13.2 Å². The zero-order chi connectivity index (χ0) is 18.8. The third-order valence-electron chi connectivity index (χ3n) is 3.82. The lowest BCUT2D eigenvalue weighted by atomic mass is 9.96. The van der Waals surface area contributed by atoms with Crippen molar-refractivity contribution in [1.29, 1.82) is 0 Å². The first-order chi connectivity index (χ1) is 11.5. The Morgan fingerprint density at radius 3 is 2.40 bits per heavy atom. The predicted octanol–water partition coefficient (Wildman–Crippen LogP) is 2.58. The number of imidazole rings is 1. The Morgan fingerprint density at radius 2 is 1.92 bits per heavy atom. The molecule has 1 heterocycles. The van der Waals surface area contributed by atoms with Crippen molar-refractivity contribution in [3.05, 3.63) is 53.9 Å². The van der Waals surface area contributed by atoms with Crippen LogP contribution in [0.1, 0.15) is 30.8 Å². The van der Waals surface area contributed by atoms with Crippen LogP contribution in [0, 0.1) is 5.82 Å². The molecule has 0 aliphatic rings. The van der Waals surface area contributed by atoms with E-state index in [-0.39, 0.29) is 0 Å². The van der Waals surface area contributed by atoms with E-state index in [0.717, 1.165) is 10.8 Å². The van der Waals surface area contributed by atoms with Gasteiger partial charge in [0.05, 0.1) is 12.5 Å². The van der Waals surface area contributed by atoms with Gasteiger partial charge < -0.3 is 15.0 Å². The van der Waals surface area contributed by atoms with E-state index in [2.05, 4.69) is 10.3 Å². The van der Waals surface area contributed by atoms with Crippen molar-refractivity contribution < 1.29 is 27.5 Å². The number of nitrogens with zero attached hydrogens (tertiary/aromatic N) is 2. The molecule has 1 amide bonds. The molecule has 9 heteroatoms. The standard InChI is InChI=1S/C16H17F4N3O2/c1-10(11-3-5-12(17)6-4-11)22-13(24)9-15(25,16(18,19)20)14-21-7-8-23(14)2/h3-8,10,25H,9H2,1-2H3,(H,22,24). The summed E-state index contributed by atoms with van der Waals surface area (Å²) < 4.78 is 54.1. The number of hydrogen-bond acceptors (Lipinski definition) is 3. The summed E-state index contributed by atoms with van der Waals surface area (Å²) in [4.78, 5) is 15.6. The molecule has 0 bridgehead atoms. The molecule has 0 aliphatic heterocycles. The first-order valence-electron chi connectivity index (χ1n) is 7.36. The molecule has 2 N–H and O–H groups in total. The molecule has 1 aromatic heterocycles. The van der Waals surface area contributed by atoms with Crippen molar-refractivity contribution in [3.63, 3.8) is 0 Å². The highest BCUT2D eigenvalue weighted by Crippen LogP contribution is 2.40. The maximum atomic E-state index is 13.4. The van der Waals surface area contributed by atoms with Crippen LogP contribution in [0.4, 0.5) is 17.6 Å². The number of aliphatic hydroxyl groups is 1. The van der Waals surface area contributed by atoms with E-state index in [1.54, 1.807) is 6.92 Å². The van der Waals surface area contributed by atoms with Gasteiger partial charge >= 0.3 is 6.18 Å². The van der Waals surface area contributed by atoms with E-state index in [9.17, 15) is 27.5 Å². The molecule has 25 heavy (non-hydrogen) atoms. The molecular formula is C16H17F4N3O2. The lowest BCUT2D eigenvalue weighted by Gasteiger charge is -2.29. The number of amides is 1. The average molecular weight is 359 g/mol. The smallest absolute Gasteiger partial charge is 0.374 e. The van der Waals surface area contributed by atoms with Gasteiger partial charge in [-0.05, 0) is 24.6 Å². The zero-order valence-electron chi connectivity index (χ0n) is 13.5. The van der Waals surface area contributed by atoms with Gasteiger partial charge in [-0.25, -0.2) is 9.37 Å². The van der Waals surface area contributed by atoms with Gasteiger partial charge in [-0.1, -0.05) is 12.1 Å². The molecule has 0 fully saturated rings. The van der Waals surface area contributed by atoms with Crippen molar-refractivity contribution in [1.82, 2.24) is 14.9 Å². The van der Waals surface area contributed by atoms with Crippen LogP contribution in [0.3, 0.4) is 0 Å². The van der Waals surface area contributed by atoms with Crippen LogP contribution in [0.2, 0.25) is 0 Å². The van der Waals surface area contributed by atoms with Crippen LogP contribution < -0.4 is 5.32 Å². The summed E-state index contributed by atoms with van der Waals surface area (Å²) in [6.45, 7) is 1.54. The van der Waals surface area contributed by atoms with Crippen molar-refractivity contribution in [2.75, 3.05) is 0 Å². The molecule has 2 atom stereocenters. The summed E-state index contributed by atoms with van der Waals surface area (Å²) in [6.07, 6.45) is -3.99. The predicted molar refractivity (Wildman–Crippen MR) is 80.7 cm³/mol. The first-order valence-corrected chi connectivity index (χ1v) is 7.36. The molecule has 2 aromatic rings. The van der Waals surface area contributed by atoms with Crippen molar-refractivity contribution in [2.45, 2.75) is 31.2 Å². The summed E-state index contributed by atoms with van der Waals surface area (Å²) >= 11 is 0. The van der Waals surface area contributed by atoms with Gasteiger partial charge in [0, 0.05) is 19.4 Å². The third-order valence-corrected chi connectivity index (χ3v) is 3.82. The van der Waals surface area contributed by atoms with Gasteiger partial charge in [0.25, 0.3) is 0 Å². The SMILES string of the molecule is CC(NC(=O)CC(O)(c1nccn1C)C(F)(F)F)c1ccc(F)cc1. The molecule has 0 saturated carbocycles. The topological polar surface area (TPSA) is 67.2 Å². The molecule has 0 saturated heterocycles. The second-order valence-electron chi connectivity index (χ2n) is 5.74. The highest BCUT2D eigenvalue weighted by molar-refractivity contribution is 5.77. The maximum absolute atomic E-state index is 13.4. The summed E-state index contributed by atoms with van der Waals surface area (Å²) in [6, 6.07) is 4.52. The maximum Gasteiger partial charge on any atom is 0.425 e. The number of rotatable bonds is 5. The highest BCUT2D eigenvalue weighted by atomic mass is 19.4. The molecule has 0 radical (unpaired) electrons. The quantitative estimate of drug-likeness (QED) is 0.807. The first kappa shape index (κ1) is 18.9. The molecule has 2 unspecified atom stereocenters. The second kappa shape index (κ2) is 6.83. The molecule has 2 rings (SSSR count). The van der Waals surface area contributed by atoms with Crippen LogP contribution in [-0.2, 0) is 17.4 Å². The fourth-order valence-corrected chi connectivity index (χ4v) is 2.43. The second-order valence-corrected chi connectivity index (χ2v) is 5.74. The van der Waals surface area contributed by atoms with Gasteiger partial charge in [-0.3, -0.25) is 4.79 Å². The highest BCUT2D eigenvalue weighted by Gasteiger charge is 2.58.